The van der Waals surface area contributed by atoms with Gasteiger partial charge in [0.05, 0.1) is 24.8 Å². The molecule has 4 nitrogen and oxygen atoms in total. The number of methoxy groups -OCH3 is 1. The molecular formula is C26H26N2O2. The molecule has 1 saturated carbocycles. The van der Waals surface area contributed by atoms with Gasteiger partial charge >= 0.3 is 0 Å². The van der Waals surface area contributed by atoms with E-state index in [1.807, 2.05) is 42.7 Å². The van der Waals surface area contributed by atoms with E-state index in [0.29, 0.717) is 5.56 Å². The van der Waals surface area contributed by atoms with Crippen LogP contribution in [-0.4, -0.2) is 18.2 Å². The summed E-state index contributed by atoms with van der Waals surface area (Å²) >= 11 is 0. The largest absolute Gasteiger partial charge is 0.493 e. The van der Waals surface area contributed by atoms with E-state index in [1.165, 1.54) is 29.5 Å². The average Bonchev–Trinajstić information content (AvgIpc) is 3.31. The van der Waals surface area contributed by atoms with E-state index < -0.39 is 0 Å². The van der Waals surface area contributed by atoms with Crippen LogP contribution >= 0.6 is 0 Å². The fraction of sp³-hybridized carbons (Fsp3) is 0.308. The molecule has 1 aliphatic carbocycles. The van der Waals surface area contributed by atoms with Gasteiger partial charge in [0.1, 0.15) is 0 Å². The highest BCUT2D eigenvalue weighted by Crippen LogP contribution is 2.37. The average molecular weight is 399 g/mol. The molecule has 4 heteroatoms. The number of benzene rings is 2. The molecule has 1 atom stereocenters. The number of pyridine rings is 1. The van der Waals surface area contributed by atoms with Gasteiger partial charge < -0.3 is 9.47 Å². The summed E-state index contributed by atoms with van der Waals surface area (Å²) in [6, 6.07) is 20.4. The predicted molar refractivity (Wildman–Crippen MR) is 117 cm³/mol. The van der Waals surface area contributed by atoms with Gasteiger partial charge in [-0.3, -0.25) is 4.98 Å². The number of rotatable bonds is 7. The molecular weight excluding hydrogens is 372 g/mol. The van der Waals surface area contributed by atoms with Gasteiger partial charge in [-0.25, -0.2) is 0 Å². The van der Waals surface area contributed by atoms with E-state index in [2.05, 4.69) is 35.3 Å². The zero-order valence-corrected chi connectivity index (χ0v) is 17.3. The van der Waals surface area contributed by atoms with Crippen LogP contribution in [0.1, 0.15) is 53.9 Å². The van der Waals surface area contributed by atoms with Crippen molar-refractivity contribution < 1.29 is 9.47 Å². The molecule has 3 aromatic rings. The number of hydrogen-bond donors (Lipinski definition) is 0. The van der Waals surface area contributed by atoms with E-state index in [-0.39, 0.29) is 12.0 Å². The summed E-state index contributed by atoms with van der Waals surface area (Å²) in [5.41, 5.74) is 4.22. The molecule has 30 heavy (non-hydrogen) atoms. The normalized spacial score (nSPS) is 14.8. The lowest BCUT2D eigenvalue weighted by Gasteiger charge is -2.22. The van der Waals surface area contributed by atoms with Crippen molar-refractivity contribution in [2.75, 3.05) is 7.11 Å². The van der Waals surface area contributed by atoms with Gasteiger partial charge in [-0.05, 0) is 85.2 Å². The Kier molecular flexibility index (Phi) is 6.29. The molecule has 0 bridgehead atoms. The first-order valence-electron chi connectivity index (χ1n) is 10.5. The highest BCUT2D eigenvalue weighted by molar-refractivity contribution is 5.47. The lowest BCUT2D eigenvalue weighted by Crippen LogP contribution is -2.12. The van der Waals surface area contributed by atoms with Gasteiger partial charge in [-0.15, -0.1) is 0 Å². The smallest absolute Gasteiger partial charge is 0.161 e. The maximum absolute atomic E-state index is 9.16. The van der Waals surface area contributed by atoms with Crippen LogP contribution in [0.4, 0.5) is 0 Å². The molecule has 4 rings (SSSR count). The zero-order chi connectivity index (χ0) is 20.8. The Morgan fingerprint density at radius 1 is 0.967 bits per heavy atom. The van der Waals surface area contributed by atoms with Gasteiger partial charge in [-0.1, -0.05) is 18.2 Å². The summed E-state index contributed by atoms with van der Waals surface area (Å²) in [5.74, 6) is 1.72. The molecule has 0 radical (unpaired) electrons. The Morgan fingerprint density at radius 2 is 1.67 bits per heavy atom. The quantitative estimate of drug-likeness (QED) is 0.515. The van der Waals surface area contributed by atoms with Crippen LogP contribution in [0.3, 0.4) is 0 Å². The van der Waals surface area contributed by atoms with Gasteiger partial charge in [0.25, 0.3) is 0 Å². The lowest BCUT2D eigenvalue weighted by molar-refractivity contribution is 0.200. The minimum absolute atomic E-state index is 0.136. The SMILES string of the molecule is COc1ccc([C@H](Cc2ccncc2)c2ccc(C#N)cc2)cc1OC1CCCC1. The molecule has 0 saturated heterocycles. The van der Waals surface area contributed by atoms with E-state index in [1.54, 1.807) is 7.11 Å². The minimum atomic E-state index is 0.136. The van der Waals surface area contributed by atoms with Crippen molar-refractivity contribution in [1.29, 1.82) is 5.26 Å². The molecule has 2 aromatic carbocycles. The summed E-state index contributed by atoms with van der Waals surface area (Å²) in [6.45, 7) is 0. The van der Waals surface area contributed by atoms with Gasteiger partial charge in [-0.2, -0.15) is 5.26 Å². The van der Waals surface area contributed by atoms with Crippen LogP contribution in [0.5, 0.6) is 11.5 Å². The molecule has 1 heterocycles. The van der Waals surface area contributed by atoms with E-state index >= 15 is 0 Å². The summed E-state index contributed by atoms with van der Waals surface area (Å²) in [7, 11) is 1.69. The third-order valence-corrected chi connectivity index (χ3v) is 5.82. The van der Waals surface area contributed by atoms with Gasteiger partial charge in [0, 0.05) is 18.3 Å². The second-order valence-electron chi connectivity index (χ2n) is 7.78. The van der Waals surface area contributed by atoms with E-state index in [9.17, 15) is 0 Å². The third-order valence-electron chi connectivity index (χ3n) is 5.82. The molecule has 1 fully saturated rings. The van der Waals surface area contributed by atoms with Crippen LogP contribution in [0, 0.1) is 11.3 Å². The third kappa shape index (κ3) is 4.63. The van der Waals surface area contributed by atoms with Crippen molar-refractivity contribution >= 4 is 0 Å². The topological polar surface area (TPSA) is 55.1 Å². The molecule has 1 aromatic heterocycles. The van der Waals surface area contributed by atoms with Crippen molar-refractivity contribution in [3.8, 4) is 17.6 Å². The summed E-state index contributed by atoms with van der Waals surface area (Å²) in [5, 5.41) is 9.16. The number of ether oxygens (including phenoxy) is 2. The van der Waals surface area contributed by atoms with Crippen LogP contribution in [-0.2, 0) is 6.42 Å². The van der Waals surface area contributed by atoms with Crippen molar-refractivity contribution in [2.45, 2.75) is 44.1 Å². The molecule has 0 N–H and O–H groups in total. The first-order chi connectivity index (χ1) is 14.8. The van der Waals surface area contributed by atoms with Gasteiger partial charge in [0.2, 0.25) is 0 Å². The molecule has 152 valence electrons. The van der Waals surface area contributed by atoms with E-state index in [4.69, 9.17) is 14.7 Å². The highest BCUT2D eigenvalue weighted by Gasteiger charge is 2.21. The van der Waals surface area contributed by atoms with Crippen LogP contribution in [0.2, 0.25) is 0 Å². The first-order valence-corrected chi connectivity index (χ1v) is 10.5. The van der Waals surface area contributed by atoms with Crippen molar-refractivity contribution in [1.82, 2.24) is 4.98 Å². The fourth-order valence-corrected chi connectivity index (χ4v) is 4.16. The Morgan fingerprint density at radius 3 is 2.33 bits per heavy atom. The molecule has 0 aliphatic heterocycles. The Balaban J connectivity index is 1.70. The van der Waals surface area contributed by atoms with Crippen molar-refractivity contribution in [3.05, 3.63) is 89.2 Å². The number of nitrogens with zero attached hydrogens (tertiary/aromatic N) is 2. The van der Waals surface area contributed by atoms with Crippen LogP contribution in [0.25, 0.3) is 0 Å². The Bertz CT molecular complexity index is 1000. The maximum atomic E-state index is 9.16. The van der Waals surface area contributed by atoms with E-state index in [0.717, 1.165) is 30.8 Å². The minimum Gasteiger partial charge on any atom is -0.493 e. The predicted octanol–water partition coefficient (Wildman–Crippen LogP) is 5.66. The molecule has 1 aliphatic rings. The zero-order valence-electron chi connectivity index (χ0n) is 17.3. The van der Waals surface area contributed by atoms with Crippen LogP contribution < -0.4 is 9.47 Å². The van der Waals surface area contributed by atoms with Gasteiger partial charge in [0.15, 0.2) is 11.5 Å². The Hall–Kier alpha value is -3.32. The Labute approximate surface area is 178 Å². The van der Waals surface area contributed by atoms with Crippen molar-refractivity contribution in [3.63, 3.8) is 0 Å². The van der Waals surface area contributed by atoms with Crippen molar-refractivity contribution in [2.24, 2.45) is 0 Å². The highest BCUT2D eigenvalue weighted by atomic mass is 16.5. The fourth-order valence-electron chi connectivity index (χ4n) is 4.16. The second kappa shape index (κ2) is 9.45. The monoisotopic (exact) mass is 398 g/mol. The second-order valence-corrected chi connectivity index (χ2v) is 7.78. The number of nitriles is 1. The first kappa shape index (κ1) is 20.0. The lowest BCUT2D eigenvalue weighted by atomic mass is 9.85. The van der Waals surface area contributed by atoms with Crippen LogP contribution in [0.15, 0.2) is 67.0 Å². The molecule has 0 amide bonds. The standard InChI is InChI=1S/C26H26N2O2/c1-29-25-11-10-22(17-26(25)30-23-4-2-3-5-23)24(16-19-12-14-28-15-13-19)21-8-6-20(18-27)7-9-21/h6-15,17,23-24H,2-5,16H2,1H3/t24-/m1/s1. The molecule has 0 spiro atoms. The number of aromatic nitrogens is 1. The maximum Gasteiger partial charge on any atom is 0.161 e. The summed E-state index contributed by atoms with van der Waals surface area (Å²) in [6.07, 6.45) is 9.41. The summed E-state index contributed by atoms with van der Waals surface area (Å²) in [4.78, 5) is 4.14. The number of hydrogen-bond acceptors (Lipinski definition) is 4. The molecule has 0 unspecified atom stereocenters. The summed E-state index contributed by atoms with van der Waals surface area (Å²) < 4.78 is 11.9.